The molecule has 0 bridgehead atoms. The van der Waals surface area contributed by atoms with Gasteiger partial charge in [0.15, 0.2) is 17.5 Å². The number of methoxy groups -OCH3 is 3. The SMILES string of the molecule is CN=C(NCCCOCC1CCOCC1)NCc1cc(OC)c(OC)c(OC)c1. The number of benzene rings is 1. The Labute approximate surface area is 173 Å². The van der Waals surface area contributed by atoms with Gasteiger partial charge in [-0.15, -0.1) is 0 Å². The molecule has 0 amide bonds. The van der Waals surface area contributed by atoms with Crippen molar-refractivity contribution in [1.82, 2.24) is 10.6 Å². The van der Waals surface area contributed by atoms with Crippen LogP contribution in [0.4, 0.5) is 0 Å². The number of ether oxygens (including phenoxy) is 5. The Morgan fingerprint density at radius 3 is 2.34 bits per heavy atom. The summed E-state index contributed by atoms with van der Waals surface area (Å²) in [6.45, 7) is 4.68. The maximum Gasteiger partial charge on any atom is 0.203 e. The molecular weight excluding hydrogens is 374 g/mol. The standard InChI is InChI=1S/C21H35N3O5/c1-22-21(23-8-5-9-29-15-16-6-10-28-11-7-16)24-14-17-12-18(25-2)20(27-4)19(13-17)26-3/h12-13,16H,5-11,14-15H2,1-4H3,(H2,22,23,24). The molecule has 2 rings (SSSR count). The highest BCUT2D eigenvalue weighted by Gasteiger charge is 2.14. The van der Waals surface area contributed by atoms with E-state index in [2.05, 4.69) is 15.6 Å². The van der Waals surface area contributed by atoms with Crippen LogP contribution in [0.15, 0.2) is 17.1 Å². The van der Waals surface area contributed by atoms with Gasteiger partial charge < -0.3 is 34.3 Å². The van der Waals surface area contributed by atoms with Crippen LogP contribution in [0.2, 0.25) is 0 Å². The maximum absolute atomic E-state index is 5.80. The van der Waals surface area contributed by atoms with Crippen LogP contribution in [0.1, 0.15) is 24.8 Å². The molecule has 0 atom stereocenters. The molecule has 29 heavy (non-hydrogen) atoms. The highest BCUT2D eigenvalue weighted by atomic mass is 16.5. The van der Waals surface area contributed by atoms with Crippen LogP contribution in [0, 0.1) is 5.92 Å². The van der Waals surface area contributed by atoms with Crippen molar-refractivity contribution in [3.05, 3.63) is 17.7 Å². The Morgan fingerprint density at radius 1 is 1.07 bits per heavy atom. The van der Waals surface area contributed by atoms with Gasteiger partial charge in [0.1, 0.15) is 0 Å². The number of rotatable bonds is 11. The predicted octanol–water partition coefficient (Wildman–Crippen LogP) is 2.21. The molecule has 1 heterocycles. The van der Waals surface area contributed by atoms with E-state index in [1.165, 1.54) is 0 Å². The smallest absolute Gasteiger partial charge is 0.203 e. The second-order valence-electron chi connectivity index (χ2n) is 6.87. The number of hydrogen-bond donors (Lipinski definition) is 2. The summed E-state index contributed by atoms with van der Waals surface area (Å²) >= 11 is 0. The minimum absolute atomic E-state index is 0.580. The molecule has 0 spiro atoms. The van der Waals surface area contributed by atoms with Crippen molar-refractivity contribution in [1.29, 1.82) is 0 Å². The summed E-state index contributed by atoms with van der Waals surface area (Å²) in [5, 5.41) is 6.61. The molecule has 164 valence electrons. The number of guanidine groups is 1. The van der Waals surface area contributed by atoms with Crippen molar-refractivity contribution in [3.63, 3.8) is 0 Å². The zero-order valence-electron chi connectivity index (χ0n) is 18.1. The Hall–Kier alpha value is -2.19. The first-order valence-electron chi connectivity index (χ1n) is 10.1. The lowest BCUT2D eigenvalue weighted by molar-refractivity contribution is 0.0203. The van der Waals surface area contributed by atoms with E-state index in [0.29, 0.717) is 29.7 Å². The van der Waals surface area contributed by atoms with Gasteiger partial charge in [0, 0.05) is 46.6 Å². The first kappa shape index (κ1) is 23.1. The van der Waals surface area contributed by atoms with Crippen molar-refractivity contribution in [3.8, 4) is 17.2 Å². The quantitative estimate of drug-likeness (QED) is 0.329. The van der Waals surface area contributed by atoms with Crippen molar-refractivity contribution < 1.29 is 23.7 Å². The number of hydrogen-bond acceptors (Lipinski definition) is 6. The average Bonchev–Trinajstić information content (AvgIpc) is 2.77. The van der Waals surface area contributed by atoms with Crippen LogP contribution in [0.5, 0.6) is 17.2 Å². The van der Waals surface area contributed by atoms with Crippen molar-refractivity contribution in [2.24, 2.45) is 10.9 Å². The molecule has 1 fully saturated rings. The van der Waals surface area contributed by atoms with E-state index in [4.69, 9.17) is 23.7 Å². The molecule has 1 aliphatic rings. The Balaban J connectivity index is 1.70. The van der Waals surface area contributed by atoms with Gasteiger partial charge in [0.2, 0.25) is 5.75 Å². The zero-order chi connectivity index (χ0) is 20.9. The van der Waals surface area contributed by atoms with Crippen LogP contribution < -0.4 is 24.8 Å². The minimum atomic E-state index is 0.580. The lowest BCUT2D eigenvalue weighted by atomic mass is 10.0. The van der Waals surface area contributed by atoms with Gasteiger partial charge in [-0.2, -0.15) is 0 Å². The summed E-state index contributed by atoms with van der Waals surface area (Å²) in [6, 6.07) is 3.84. The third-order valence-corrected chi connectivity index (χ3v) is 4.86. The summed E-state index contributed by atoms with van der Waals surface area (Å²) in [4.78, 5) is 4.27. The van der Waals surface area contributed by atoms with Crippen molar-refractivity contribution in [2.75, 3.05) is 61.3 Å². The van der Waals surface area contributed by atoms with E-state index in [1.54, 1.807) is 28.4 Å². The topological polar surface area (TPSA) is 82.6 Å². The van der Waals surface area contributed by atoms with E-state index in [0.717, 1.165) is 63.8 Å². The van der Waals surface area contributed by atoms with E-state index >= 15 is 0 Å². The van der Waals surface area contributed by atoms with Gasteiger partial charge >= 0.3 is 0 Å². The fraction of sp³-hybridized carbons (Fsp3) is 0.667. The van der Waals surface area contributed by atoms with E-state index in [-0.39, 0.29) is 0 Å². The van der Waals surface area contributed by atoms with Crippen LogP contribution in [-0.2, 0) is 16.0 Å². The Bertz CT molecular complexity index is 608. The minimum Gasteiger partial charge on any atom is -0.493 e. The molecule has 1 aromatic carbocycles. The monoisotopic (exact) mass is 409 g/mol. The van der Waals surface area contributed by atoms with Gasteiger partial charge in [-0.25, -0.2) is 0 Å². The van der Waals surface area contributed by atoms with Crippen LogP contribution in [0.25, 0.3) is 0 Å². The van der Waals surface area contributed by atoms with E-state index < -0.39 is 0 Å². The molecular formula is C21H35N3O5. The maximum atomic E-state index is 5.80. The zero-order valence-corrected chi connectivity index (χ0v) is 18.1. The largest absolute Gasteiger partial charge is 0.493 e. The summed E-state index contributed by atoms with van der Waals surface area (Å²) in [5.41, 5.74) is 1.00. The summed E-state index contributed by atoms with van der Waals surface area (Å²) in [5.74, 6) is 3.23. The van der Waals surface area contributed by atoms with Crippen molar-refractivity contribution >= 4 is 5.96 Å². The highest BCUT2D eigenvalue weighted by Crippen LogP contribution is 2.38. The molecule has 1 aliphatic heterocycles. The molecule has 0 unspecified atom stereocenters. The first-order valence-corrected chi connectivity index (χ1v) is 10.1. The molecule has 0 aliphatic carbocycles. The lowest BCUT2D eigenvalue weighted by Crippen LogP contribution is -2.37. The molecule has 8 heteroatoms. The first-order chi connectivity index (χ1) is 14.2. The van der Waals surface area contributed by atoms with Gasteiger partial charge in [-0.1, -0.05) is 0 Å². The second-order valence-corrected chi connectivity index (χ2v) is 6.87. The summed E-state index contributed by atoms with van der Waals surface area (Å²) < 4.78 is 27.3. The molecule has 0 saturated carbocycles. The predicted molar refractivity (Wildman–Crippen MR) is 113 cm³/mol. The van der Waals surface area contributed by atoms with E-state index in [9.17, 15) is 0 Å². The van der Waals surface area contributed by atoms with Gasteiger partial charge in [-0.05, 0) is 42.9 Å². The fourth-order valence-electron chi connectivity index (χ4n) is 3.19. The number of aliphatic imine (C=N–C) groups is 1. The van der Waals surface area contributed by atoms with Crippen LogP contribution in [0.3, 0.4) is 0 Å². The molecule has 1 aromatic rings. The van der Waals surface area contributed by atoms with E-state index in [1.807, 2.05) is 12.1 Å². The normalized spacial score (nSPS) is 15.1. The number of nitrogens with zero attached hydrogens (tertiary/aromatic N) is 1. The van der Waals surface area contributed by atoms with Gasteiger partial charge in [0.05, 0.1) is 21.3 Å². The highest BCUT2D eigenvalue weighted by molar-refractivity contribution is 5.79. The van der Waals surface area contributed by atoms with Crippen LogP contribution >= 0.6 is 0 Å². The van der Waals surface area contributed by atoms with Gasteiger partial charge in [0.25, 0.3) is 0 Å². The Kier molecular flexibility index (Phi) is 10.4. The van der Waals surface area contributed by atoms with Gasteiger partial charge in [-0.3, -0.25) is 4.99 Å². The molecule has 1 saturated heterocycles. The number of nitrogens with one attached hydrogen (secondary N) is 2. The molecule has 8 nitrogen and oxygen atoms in total. The second kappa shape index (κ2) is 13.1. The van der Waals surface area contributed by atoms with Crippen LogP contribution in [-0.4, -0.2) is 67.3 Å². The fourth-order valence-corrected chi connectivity index (χ4v) is 3.19. The molecule has 0 aromatic heterocycles. The average molecular weight is 410 g/mol. The van der Waals surface area contributed by atoms with Crippen molar-refractivity contribution in [2.45, 2.75) is 25.8 Å². The Morgan fingerprint density at radius 2 is 1.76 bits per heavy atom. The molecule has 2 N–H and O–H groups in total. The summed E-state index contributed by atoms with van der Waals surface area (Å²) in [6.07, 6.45) is 3.14. The lowest BCUT2D eigenvalue weighted by Gasteiger charge is -2.21. The molecule has 0 radical (unpaired) electrons. The summed E-state index contributed by atoms with van der Waals surface area (Å²) in [7, 11) is 6.57. The third-order valence-electron chi connectivity index (χ3n) is 4.86. The third kappa shape index (κ3) is 7.62.